The zero-order chi connectivity index (χ0) is 11.2. The lowest BCUT2D eigenvalue weighted by atomic mass is 10.1. The Morgan fingerprint density at radius 2 is 1.44 bits per heavy atom. The van der Waals surface area contributed by atoms with E-state index in [9.17, 15) is 0 Å². The molecule has 0 fully saturated rings. The first-order valence-electron chi connectivity index (χ1n) is 5.36. The van der Waals surface area contributed by atoms with Gasteiger partial charge >= 0.3 is 0 Å². The number of para-hydroxylation sites is 1. The van der Waals surface area contributed by atoms with Gasteiger partial charge in [-0.15, -0.1) is 0 Å². The lowest BCUT2D eigenvalue weighted by molar-refractivity contribution is 0.210. The van der Waals surface area contributed by atoms with Crippen molar-refractivity contribution in [3.8, 4) is 5.75 Å². The van der Waals surface area contributed by atoms with Crippen LogP contribution in [0.15, 0.2) is 60.7 Å². The quantitative estimate of drug-likeness (QED) is 0.792. The molecule has 0 spiro atoms. The summed E-state index contributed by atoms with van der Waals surface area (Å²) in [4.78, 5) is 0. The molecule has 0 bridgehead atoms. The molecule has 2 rings (SSSR count). The molecule has 2 heteroatoms. The zero-order valence-corrected chi connectivity index (χ0v) is 9.04. The van der Waals surface area contributed by atoms with Gasteiger partial charge in [-0.3, -0.25) is 5.73 Å². The van der Waals surface area contributed by atoms with Crippen molar-refractivity contribution in [1.29, 1.82) is 0 Å². The van der Waals surface area contributed by atoms with Crippen LogP contribution in [0.25, 0.3) is 0 Å². The van der Waals surface area contributed by atoms with E-state index in [1.807, 2.05) is 60.7 Å². The maximum absolute atomic E-state index is 5.92. The van der Waals surface area contributed by atoms with Gasteiger partial charge in [-0.25, -0.2) is 0 Å². The normalized spacial score (nSPS) is 12.1. The maximum Gasteiger partial charge on any atom is 0.151 e. The molecule has 0 saturated carbocycles. The molecule has 0 aromatic heterocycles. The van der Waals surface area contributed by atoms with Crippen molar-refractivity contribution in [3.05, 3.63) is 66.2 Å². The van der Waals surface area contributed by atoms with Crippen molar-refractivity contribution >= 4 is 0 Å². The maximum atomic E-state index is 5.92. The van der Waals surface area contributed by atoms with E-state index >= 15 is 0 Å². The molecule has 2 nitrogen and oxygen atoms in total. The molecule has 0 aliphatic rings. The number of rotatable bonds is 4. The van der Waals surface area contributed by atoms with E-state index in [0.29, 0.717) is 0 Å². The molecule has 2 N–H and O–H groups in total. The second-order valence-corrected chi connectivity index (χ2v) is 3.66. The number of nitrogens with two attached hydrogens (primary N) is 1. The van der Waals surface area contributed by atoms with Crippen LogP contribution >= 0.6 is 0 Å². The summed E-state index contributed by atoms with van der Waals surface area (Å²) in [5, 5.41) is 0. The van der Waals surface area contributed by atoms with Gasteiger partial charge < -0.3 is 4.74 Å². The van der Waals surface area contributed by atoms with Gasteiger partial charge in [-0.1, -0.05) is 48.5 Å². The average Bonchev–Trinajstić information content (AvgIpc) is 2.31. The van der Waals surface area contributed by atoms with Crippen LogP contribution in [0.4, 0.5) is 0 Å². The van der Waals surface area contributed by atoms with Gasteiger partial charge in [-0.2, -0.15) is 0 Å². The number of hydrogen-bond donors (Lipinski definition) is 1. The van der Waals surface area contributed by atoms with E-state index < -0.39 is 0 Å². The van der Waals surface area contributed by atoms with E-state index in [-0.39, 0.29) is 6.23 Å². The van der Waals surface area contributed by atoms with Gasteiger partial charge in [0.2, 0.25) is 0 Å². The first kappa shape index (κ1) is 10.7. The van der Waals surface area contributed by atoms with Gasteiger partial charge in [0.25, 0.3) is 0 Å². The summed E-state index contributed by atoms with van der Waals surface area (Å²) in [7, 11) is 0. The molecule has 0 aliphatic heterocycles. The van der Waals surface area contributed by atoms with Crippen LogP contribution in [-0.2, 0) is 6.42 Å². The summed E-state index contributed by atoms with van der Waals surface area (Å²) < 4.78 is 5.60. The summed E-state index contributed by atoms with van der Waals surface area (Å²) in [6.45, 7) is 0. The molecule has 82 valence electrons. The molecule has 0 saturated heterocycles. The standard InChI is InChI=1S/C14H15NO/c15-14(11-12-7-3-1-4-8-12)16-13-9-5-2-6-10-13/h1-10,14H,11,15H2. The number of ether oxygens (including phenoxy) is 1. The van der Waals surface area contributed by atoms with E-state index in [0.717, 1.165) is 12.2 Å². The van der Waals surface area contributed by atoms with Crippen LogP contribution in [0, 0.1) is 0 Å². The summed E-state index contributed by atoms with van der Waals surface area (Å²) in [6.07, 6.45) is 0.417. The zero-order valence-electron chi connectivity index (χ0n) is 9.04. The first-order chi connectivity index (χ1) is 7.84. The molecular formula is C14H15NO. The van der Waals surface area contributed by atoms with Gasteiger partial charge in [0.1, 0.15) is 5.75 Å². The lowest BCUT2D eigenvalue weighted by Crippen LogP contribution is -2.29. The Kier molecular flexibility index (Phi) is 3.57. The molecule has 2 aromatic rings. The fourth-order valence-corrected chi connectivity index (χ4v) is 1.56. The lowest BCUT2D eigenvalue weighted by Gasteiger charge is -2.14. The van der Waals surface area contributed by atoms with Crippen LogP contribution in [0.2, 0.25) is 0 Å². The van der Waals surface area contributed by atoms with E-state index in [2.05, 4.69) is 0 Å². The van der Waals surface area contributed by atoms with Crippen LogP contribution in [-0.4, -0.2) is 6.23 Å². The highest BCUT2D eigenvalue weighted by Gasteiger charge is 2.04. The molecule has 1 atom stereocenters. The van der Waals surface area contributed by atoms with E-state index in [1.165, 1.54) is 5.56 Å². The molecule has 0 aliphatic carbocycles. The fraction of sp³-hybridized carbons (Fsp3) is 0.143. The highest BCUT2D eigenvalue weighted by atomic mass is 16.5. The van der Waals surface area contributed by atoms with Crippen molar-refractivity contribution in [2.24, 2.45) is 5.73 Å². The van der Waals surface area contributed by atoms with Crippen LogP contribution in [0.3, 0.4) is 0 Å². The van der Waals surface area contributed by atoms with Crippen LogP contribution < -0.4 is 10.5 Å². The Morgan fingerprint density at radius 3 is 2.06 bits per heavy atom. The Labute approximate surface area is 95.7 Å². The predicted molar refractivity (Wildman–Crippen MR) is 65.2 cm³/mol. The summed E-state index contributed by atoms with van der Waals surface area (Å²) in [6, 6.07) is 19.7. The Hall–Kier alpha value is -1.80. The third-order valence-electron chi connectivity index (χ3n) is 2.31. The second kappa shape index (κ2) is 5.33. The Bertz CT molecular complexity index is 372. The molecule has 0 radical (unpaired) electrons. The van der Waals surface area contributed by atoms with Gasteiger partial charge in [0.05, 0.1) is 0 Å². The van der Waals surface area contributed by atoms with Gasteiger partial charge in [0.15, 0.2) is 6.23 Å². The molecule has 2 aromatic carbocycles. The molecule has 16 heavy (non-hydrogen) atoms. The molecule has 1 unspecified atom stereocenters. The fourth-order valence-electron chi connectivity index (χ4n) is 1.56. The van der Waals surface area contributed by atoms with Gasteiger partial charge in [-0.05, 0) is 17.7 Å². The molecular weight excluding hydrogens is 198 g/mol. The average molecular weight is 213 g/mol. The third kappa shape index (κ3) is 3.11. The summed E-state index contributed by atoms with van der Waals surface area (Å²) in [5.41, 5.74) is 7.10. The van der Waals surface area contributed by atoms with Crippen molar-refractivity contribution in [3.63, 3.8) is 0 Å². The van der Waals surface area contributed by atoms with E-state index in [4.69, 9.17) is 10.5 Å². The van der Waals surface area contributed by atoms with Gasteiger partial charge in [0, 0.05) is 6.42 Å². The number of hydrogen-bond acceptors (Lipinski definition) is 2. The largest absolute Gasteiger partial charge is 0.475 e. The Balaban J connectivity index is 1.92. The van der Waals surface area contributed by atoms with Crippen molar-refractivity contribution in [2.75, 3.05) is 0 Å². The minimum absolute atomic E-state index is 0.301. The van der Waals surface area contributed by atoms with Crippen LogP contribution in [0.5, 0.6) is 5.75 Å². The minimum Gasteiger partial charge on any atom is -0.475 e. The minimum atomic E-state index is -0.301. The van der Waals surface area contributed by atoms with Crippen molar-refractivity contribution < 1.29 is 4.74 Å². The predicted octanol–water partition coefficient (Wildman–Crippen LogP) is 2.59. The van der Waals surface area contributed by atoms with Crippen molar-refractivity contribution in [1.82, 2.24) is 0 Å². The Morgan fingerprint density at radius 1 is 0.875 bits per heavy atom. The molecule has 0 amide bonds. The molecule has 0 heterocycles. The summed E-state index contributed by atoms with van der Waals surface area (Å²) in [5.74, 6) is 0.811. The highest BCUT2D eigenvalue weighted by molar-refractivity contribution is 5.22. The SMILES string of the molecule is NC(Cc1ccccc1)Oc1ccccc1. The van der Waals surface area contributed by atoms with E-state index in [1.54, 1.807) is 0 Å². The van der Waals surface area contributed by atoms with Crippen LogP contribution in [0.1, 0.15) is 5.56 Å². The van der Waals surface area contributed by atoms with Crippen molar-refractivity contribution in [2.45, 2.75) is 12.6 Å². The second-order valence-electron chi connectivity index (χ2n) is 3.66. The highest BCUT2D eigenvalue weighted by Crippen LogP contribution is 2.11. The first-order valence-corrected chi connectivity index (χ1v) is 5.36. The summed E-state index contributed by atoms with van der Waals surface area (Å²) >= 11 is 0. The number of benzene rings is 2. The smallest absolute Gasteiger partial charge is 0.151 e. The topological polar surface area (TPSA) is 35.2 Å². The third-order valence-corrected chi connectivity index (χ3v) is 2.31. The monoisotopic (exact) mass is 213 g/mol.